The maximum absolute atomic E-state index is 6.02. The molecule has 0 atom stereocenters. The lowest BCUT2D eigenvalue weighted by atomic mass is 9.78. The van der Waals surface area contributed by atoms with Crippen molar-refractivity contribution in [2.75, 3.05) is 44.8 Å². The molecular weight excluding hydrogens is 504 g/mol. The summed E-state index contributed by atoms with van der Waals surface area (Å²) in [7, 11) is 1.92. The number of aryl methyl sites for hydroxylation is 1. The Morgan fingerprint density at radius 2 is 1.88 bits per heavy atom. The van der Waals surface area contributed by atoms with E-state index in [0.717, 1.165) is 84.6 Å². The van der Waals surface area contributed by atoms with E-state index in [1.165, 1.54) is 0 Å². The molecule has 6 heterocycles. The zero-order chi connectivity index (χ0) is 26.9. The number of hydrogen-bond acceptors (Lipinski definition) is 8. The lowest BCUT2D eigenvalue weighted by molar-refractivity contribution is -0.189. The van der Waals surface area contributed by atoms with Gasteiger partial charge in [0.25, 0.3) is 0 Å². The number of imidazole rings is 1. The molecule has 10 nitrogen and oxygen atoms in total. The van der Waals surface area contributed by atoms with Gasteiger partial charge < -0.3 is 19.7 Å². The molecule has 2 saturated heterocycles. The predicted octanol–water partition coefficient (Wildman–Crippen LogP) is 3.91. The van der Waals surface area contributed by atoms with E-state index in [1.807, 2.05) is 59.1 Å². The van der Waals surface area contributed by atoms with Crippen molar-refractivity contribution in [2.24, 2.45) is 12.5 Å². The van der Waals surface area contributed by atoms with Crippen molar-refractivity contribution in [1.29, 1.82) is 0 Å². The van der Waals surface area contributed by atoms with Crippen LogP contribution in [0, 0.1) is 5.41 Å². The number of rotatable bonds is 10. The molecule has 7 rings (SSSR count). The number of nitrogens with zero attached hydrogens (tertiary/aromatic N) is 7. The third-order valence-electron chi connectivity index (χ3n) is 7.70. The van der Waals surface area contributed by atoms with Crippen LogP contribution in [0.4, 0.5) is 5.82 Å². The molecule has 2 fully saturated rings. The zero-order valence-corrected chi connectivity index (χ0v) is 22.5. The summed E-state index contributed by atoms with van der Waals surface area (Å²) in [6.07, 6.45) is 10.3. The Morgan fingerprint density at radius 1 is 1.00 bits per heavy atom. The van der Waals surface area contributed by atoms with Gasteiger partial charge in [-0.3, -0.25) is 9.08 Å². The van der Waals surface area contributed by atoms with Crippen LogP contribution in [-0.2, 0) is 18.3 Å². The van der Waals surface area contributed by atoms with Crippen molar-refractivity contribution in [3.8, 4) is 28.3 Å². The minimum absolute atomic E-state index is 0.470. The predicted molar refractivity (Wildman–Crippen MR) is 152 cm³/mol. The fourth-order valence-corrected chi connectivity index (χ4v) is 5.53. The Labute approximate surface area is 232 Å². The van der Waals surface area contributed by atoms with Crippen molar-refractivity contribution in [3.05, 3.63) is 79.1 Å². The van der Waals surface area contributed by atoms with Gasteiger partial charge in [0.1, 0.15) is 23.5 Å². The number of aromatic nitrogens is 6. The number of fused-ring (bicyclic) bond motifs is 1. The zero-order valence-electron chi connectivity index (χ0n) is 22.5. The van der Waals surface area contributed by atoms with Gasteiger partial charge >= 0.3 is 0 Å². The van der Waals surface area contributed by atoms with E-state index in [4.69, 9.17) is 9.47 Å². The van der Waals surface area contributed by atoms with E-state index in [-0.39, 0.29) is 0 Å². The molecule has 0 unspecified atom stereocenters. The smallest absolute Gasteiger partial charge is 0.140 e. The first kappa shape index (κ1) is 24.7. The van der Waals surface area contributed by atoms with Crippen molar-refractivity contribution >= 4 is 11.5 Å². The van der Waals surface area contributed by atoms with Crippen LogP contribution in [0.3, 0.4) is 0 Å². The van der Waals surface area contributed by atoms with Crippen LogP contribution in [-0.4, -0.2) is 73.5 Å². The molecule has 0 saturated carbocycles. The Hall–Kier alpha value is -4.28. The van der Waals surface area contributed by atoms with Gasteiger partial charge in [-0.05, 0) is 23.6 Å². The molecule has 204 valence electrons. The van der Waals surface area contributed by atoms with Gasteiger partial charge in [-0.15, -0.1) is 0 Å². The van der Waals surface area contributed by atoms with Gasteiger partial charge in [0, 0.05) is 68.7 Å². The summed E-state index contributed by atoms with van der Waals surface area (Å²) in [4.78, 5) is 16.0. The van der Waals surface area contributed by atoms with Gasteiger partial charge in [-0.25, -0.2) is 15.0 Å². The Morgan fingerprint density at radius 3 is 2.65 bits per heavy atom. The number of hydrogen-bond donors (Lipinski definition) is 1. The Balaban J connectivity index is 0.947. The van der Waals surface area contributed by atoms with E-state index in [9.17, 15) is 0 Å². The van der Waals surface area contributed by atoms with E-state index in [0.29, 0.717) is 18.6 Å². The van der Waals surface area contributed by atoms with Crippen LogP contribution in [0.1, 0.15) is 12.0 Å². The molecule has 10 heteroatoms. The van der Waals surface area contributed by atoms with E-state index in [1.54, 1.807) is 6.33 Å². The maximum Gasteiger partial charge on any atom is 0.140 e. The summed E-state index contributed by atoms with van der Waals surface area (Å²) in [5.74, 6) is 1.59. The topological polar surface area (TPSA) is 94.6 Å². The van der Waals surface area contributed by atoms with Crippen molar-refractivity contribution in [3.63, 3.8) is 0 Å². The molecule has 4 aromatic heterocycles. The van der Waals surface area contributed by atoms with Crippen LogP contribution in [0.2, 0.25) is 0 Å². The van der Waals surface area contributed by atoms with Crippen LogP contribution in [0.5, 0.6) is 5.75 Å². The average Bonchev–Trinajstić information content (AvgIpc) is 3.56. The molecule has 0 aliphatic carbocycles. The standard InChI is InChI=1S/C30H32N8O2/c1-36-16-24(14-35-36)23-5-3-22(4-6-23)13-31-28-12-26(33-21-34-28)27-15-32-29-11-25(7-9-38(27)29)40-10-2-8-37-17-30(18-37)19-39-20-30/h3-7,9,11-12,14-16,21H,2,8,10,13,17-20H2,1H3,(H,31,33,34). The number of pyridine rings is 1. The van der Waals surface area contributed by atoms with Crippen LogP contribution < -0.4 is 10.1 Å². The van der Waals surface area contributed by atoms with Gasteiger partial charge in [0.15, 0.2) is 0 Å². The molecule has 2 aliphatic heterocycles. The molecule has 1 spiro atoms. The first-order valence-corrected chi connectivity index (χ1v) is 13.7. The average molecular weight is 537 g/mol. The summed E-state index contributed by atoms with van der Waals surface area (Å²) >= 11 is 0. The number of likely N-dealkylation sites (tertiary alicyclic amines) is 1. The highest BCUT2D eigenvalue weighted by atomic mass is 16.5. The molecule has 0 radical (unpaired) electrons. The lowest BCUT2D eigenvalue weighted by Crippen LogP contribution is -2.65. The van der Waals surface area contributed by atoms with E-state index < -0.39 is 0 Å². The van der Waals surface area contributed by atoms with Crippen molar-refractivity contribution < 1.29 is 9.47 Å². The minimum atomic E-state index is 0.470. The van der Waals surface area contributed by atoms with E-state index >= 15 is 0 Å². The number of benzene rings is 1. The highest BCUT2D eigenvalue weighted by Gasteiger charge is 2.48. The molecule has 1 aromatic carbocycles. The minimum Gasteiger partial charge on any atom is -0.493 e. The number of anilines is 1. The van der Waals surface area contributed by atoms with Crippen LogP contribution >= 0.6 is 0 Å². The normalized spacial score (nSPS) is 16.1. The van der Waals surface area contributed by atoms with Gasteiger partial charge in [0.2, 0.25) is 0 Å². The largest absolute Gasteiger partial charge is 0.493 e. The maximum atomic E-state index is 6.02. The SMILES string of the molecule is Cn1cc(-c2ccc(CNc3cc(-c4cnc5cc(OCCCN6CC7(COC7)C6)ccn45)ncn3)cc2)cn1. The van der Waals surface area contributed by atoms with Crippen LogP contribution in [0.25, 0.3) is 28.2 Å². The second-order valence-electron chi connectivity index (χ2n) is 10.9. The third-order valence-corrected chi connectivity index (χ3v) is 7.70. The Bertz CT molecular complexity index is 1610. The molecule has 5 aromatic rings. The molecular formula is C30H32N8O2. The quantitative estimate of drug-likeness (QED) is 0.269. The van der Waals surface area contributed by atoms with Gasteiger partial charge in [-0.1, -0.05) is 24.3 Å². The highest BCUT2D eigenvalue weighted by Crippen LogP contribution is 2.37. The fourth-order valence-electron chi connectivity index (χ4n) is 5.53. The molecule has 0 amide bonds. The second-order valence-corrected chi connectivity index (χ2v) is 10.9. The third kappa shape index (κ3) is 5.03. The second kappa shape index (κ2) is 10.4. The summed E-state index contributed by atoms with van der Waals surface area (Å²) in [6, 6.07) is 14.4. The summed E-state index contributed by atoms with van der Waals surface area (Å²) in [5, 5.41) is 7.66. The molecule has 2 aliphatic rings. The molecule has 0 bridgehead atoms. The summed E-state index contributed by atoms with van der Waals surface area (Å²) < 4.78 is 15.2. The first-order valence-electron chi connectivity index (χ1n) is 13.7. The van der Waals surface area contributed by atoms with Crippen molar-refractivity contribution in [1.82, 2.24) is 34.0 Å². The fraction of sp³-hybridized carbons (Fsp3) is 0.333. The van der Waals surface area contributed by atoms with Crippen LogP contribution in [0.15, 0.2) is 73.6 Å². The lowest BCUT2D eigenvalue weighted by Gasteiger charge is -2.55. The summed E-state index contributed by atoms with van der Waals surface area (Å²) in [5.41, 5.74) is 6.41. The number of nitrogens with one attached hydrogen (secondary N) is 1. The molecule has 1 N–H and O–H groups in total. The monoisotopic (exact) mass is 536 g/mol. The van der Waals surface area contributed by atoms with E-state index in [2.05, 4.69) is 54.5 Å². The number of ether oxygens (including phenoxy) is 2. The Kier molecular flexibility index (Phi) is 6.41. The summed E-state index contributed by atoms with van der Waals surface area (Å²) in [6.45, 7) is 6.61. The van der Waals surface area contributed by atoms with Gasteiger partial charge in [-0.2, -0.15) is 5.10 Å². The highest BCUT2D eigenvalue weighted by molar-refractivity contribution is 5.64. The van der Waals surface area contributed by atoms with Crippen molar-refractivity contribution in [2.45, 2.75) is 13.0 Å². The first-order chi connectivity index (χ1) is 19.6. The molecule has 40 heavy (non-hydrogen) atoms. The van der Waals surface area contributed by atoms with Gasteiger partial charge in [0.05, 0.1) is 43.6 Å².